The zero-order chi connectivity index (χ0) is 15.2. The molecule has 0 saturated heterocycles. The van der Waals surface area contributed by atoms with Crippen molar-refractivity contribution in [3.8, 4) is 0 Å². The van der Waals surface area contributed by atoms with Crippen molar-refractivity contribution in [1.29, 1.82) is 0 Å². The summed E-state index contributed by atoms with van der Waals surface area (Å²) in [6.45, 7) is 0. The molecule has 9 heteroatoms. The molecule has 0 unspecified atom stereocenters. The van der Waals surface area contributed by atoms with Gasteiger partial charge >= 0.3 is 0 Å². The second-order valence-corrected chi connectivity index (χ2v) is 6.42. The summed E-state index contributed by atoms with van der Waals surface area (Å²) in [6, 6.07) is 14.8. The van der Waals surface area contributed by atoms with E-state index in [1.807, 2.05) is 0 Å². The molecule has 2 aromatic rings. The smallest absolute Gasteiger partial charge is 0.282 e. The molecule has 0 saturated carbocycles. The summed E-state index contributed by atoms with van der Waals surface area (Å²) in [7, 11) is -8.01. The first-order chi connectivity index (χ1) is 9.21. The minimum atomic E-state index is -4.00. The first kappa shape index (κ1) is 20.3. The van der Waals surface area contributed by atoms with Crippen molar-refractivity contribution in [3.63, 3.8) is 0 Å². The summed E-state index contributed by atoms with van der Waals surface area (Å²) in [5, 5.41) is 0. The molecule has 0 aliphatic rings. The molecule has 2 rings (SSSR count). The summed E-state index contributed by atoms with van der Waals surface area (Å²) in [4.78, 5) is -0.148. The maximum atomic E-state index is 10.4. The Morgan fingerprint density at radius 3 is 0.952 bits per heavy atom. The summed E-state index contributed by atoms with van der Waals surface area (Å²) in [5.74, 6) is 0. The standard InChI is InChI=1S/2C6H6O3S.Na/c2*7-10(8,9)6-4-2-1-3-5-6;/h2*1-5H,(H,7,8,9);. The molecule has 0 bridgehead atoms. The molecule has 0 fully saturated rings. The summed E-state index contributed by atoms with van der Waals surface area (Å²) in [5.41, 5.74) is 0. The molecule has 0 atom stereocenters. The van der Waals surface area contributed by atoms with Gasteiger partial charge in [-0.15, -0.1) is 0 Å². The van der Waals surface area contributed by atoms with Gasteiger partial charge in [-0.3, -0.25) is 9.11 Å². The van der Waals surface area contributed by atoms with Crippen molar-refractivity contribution < 1.29 is 25.9 Å². The molecule has 0 amide bonds. The molecule has 2 aromatic carbocycles. The van der Waals surface area contributed by atoms with Crippen molar-refractivity contribution in [3.05, 3.63) is 60.7 Å². The third-order valence-corrected chi connectivity index (χ3v) is 3.82. The minimum Gasteiger partial charge on any atom is -0.282 e. The predicted octanol–water partition coefficient (Wildman–Crippen LogP) is 1.49. The Balaban J connectivity index is 0.000000364. The molecule has 2 N–H and O–H groups in total. The van der Waals surface area contributed by atoms with E-state index in [4.69, 9.17) is 9.11 Å². The van der Waals surface area contributed by atoms with E-state index in [9.17, 15) is 16.8 Å². The zero-order valence-corrected chi connectivity index (χ0v) is 14.8. The molecule has 109 valence electrons. The Labute approximate surface area is 145 Å². The Hall–Kier alpha value is -0.740. The zero-order valence-electron chi connectivity index (χ0n) is 11.1. The number of benzene rings is 2. The van der Waals surface area contributed by atoms with Crippen LogP contribution in [-0.2, 0) is 20.2 Å². The Kier molecular flexibility index (Phi) is 8.34. The largest absolute Gasteiger partial charge is 0.294 e. The van der Waals surface area contributed by atoms with Crippen LogP contribution in [0.2, 0.25) is 0 Å². The van der Waals surface area contributed by atoms with Crippen LogP contribution < -0.4 is 0 Å². The fourth-order valence-corrected chi connectivity index (χ4v) is 2.19. The van der Waals surface area contributed by atoms with Gasteiger partial charge in [0.25, 0.3) is 20.2 Å². The van der Waals surface area contributed by atoms with Crippen LogP contribution in [0.25, 0.3) is 0 Å². The maximum absolute atomic E-state index is 10.4. The molecule has 0 aliphatic heterocycles. The molecule has 6 nitrogen and oxygen atoms in total. The maximum Gasteiger partial charge on any atom is 0.294 e. The van der Waals surface area contributed by atoms with E-state index in [0.717, 1.165) is 0 Å². The van der Waals surface area contributed by atoms with Gasteiger partial charge in [0.15, 0.2) is 0 Å². The first-order valence-corrected chi connectivity index (χ1v) is 8.14. The predicted molar refractivity (Wildman–Crippen MR) is 78.3 cm³/mol. The van der Waals surface area contributed by atoms with Crippen molar-refractivity contribution in [2.75, 3.05) is 0 Å². The van der Waals surface area contributed by atoms with Crippen molar-refractivity contribution in [2.24, 2.45) is 0 Å². The summed E-state index contributed by atoms with van der Waals surface area (Å²) >= 11 is 0. The molecule has 0 aliphatic carbocycles. The van der Waals surface area contributed by atoms with Crippen LogP contribution in [0.15, 0.2) is 70.5 Å². The summed E-state index contributed by atoms with van der Waals surface area (Å²) < 4.78 is 58.5. The number of hydrogen-bond donors (Lipinski definition) is 2. The number of rotatable bonds is 2. The van der Waals surface area contributed by atoms with Gasteiger partial charge < -0.3 is 0 Å². The fourth-order valence-electron chi connectivity index (χ4n) is 1.18. The Morgan fingerprint density at radius 2 is 0.810 bits per heavy atom. The van der Waals surface area contributed by atoms with Crippen LogP contribution >= 0.6 is 0 Å². The van der Waals surface area contributed by atoms with Crippen LogP contribution in [0, 0.1) is 0 Å². The topological polar surface area (TPSA) is 109 Å². The van der Waals surface area contributed by atoms with Crippen LogP contribution in [0.3, 0.4) is 0 Å². The van der Waals surface area contributed by atoms with Crippen molar-refractivity contribution in [1.82, 2.24) is 0 Å². The van der Waals surface area contributed by atoms with E-state index in [-0.39, 0.29) is 39.3 Å². The third kappa shape index (κ3) is 7.72. The van der Waals surface area contributed by atoms with E-state index >= 15 is 0 Å². The monoisotopic (exact) mass is 339 g/mol. The van der Waals surface area contributed by atoms with Crippen LogP contribution in [-0.4, -0.2) is 55.5 Å². The van der Waals surface area contributed by atoms with E-state index in [2.05, 4.69) is 0 Å². The van der Waals surface area contributed by atoms with Crippen molar-refractivity contribution >= 4 is 49.8 Å². The molecular weight excluding hydrogens is 327 g/mol. The van der Waals surface area contributed by atoms with E-state index in [1.54, 1.807) is 36.4 Å². The number of hydrogen-bond acceptors (Lipinski definition) is 4. The average Bonchev–Trinajstić information content (AvgIpc) is 2.40. The van der Waals surface area contributed by atoms with Gasteiger partial charge in [0, 0.05) is 29.6 Å². The molecular formula is C12H12NaO6S2. The van der Waals surface area contributed by atoms with Gasteiger partial charge in [-0.25, -0.2) is 0 Å². The van der Waals surface area contributed by atoms with Gasteiger partial charge in [-0.1, -0.05) is 36.4 Å². The molecule has 0 aromatic heterocycles. The minimum absolute atomic E-state index is 0. The molecule has 0 heterocycles. The normalized spacial score (nSPS) is 10.8. The van der Waals surface area contributed by atoms with Crippen LogP contribution in [0.4, 0.5) is 0 Å². The molecule has 21 heavy (non-hydrogen) atoms. The Morgan fingerprint density at radius 1 is 0.571 bits per heavy atom. The SMILES string of the molecule is O=S(=O)(O)c1ccccc1.O=S(=O)(O)c1ccccc1.[Na]. The van der Waals surface area contributed by atoms with Crippen LogP contribution in [0.5, 0.6) is 0 Å². The first-order valence-electron chi connectivity index (χ1n) is 5.26. The Bertz CT molecular complexity index is 675. The van der Waals surface area contributed by atoms with Gasteiger partial charge in [-0.2, -0.15) is 16.8 Å². The van der Waals surface area contributed by atoms with Gasteiger partial charge in [0.1, 0.15) is 0 Å². The van der Waals surface area contributed by atoms with Crippen LogP contribution in [0.1, 0.15) is 0 Å². The van der Waals surface area contributed by atoms with E-state index in [1.165, 1.54) is 24.3 Å². The average molecular weight is 339 g/mol. The summed E-state index contributed by atoms with van der Waals surface area (Å²) in [6.07, 6.45) is 0. The molecule has 0 spiro atoms. The second-order valence-electron chi connectivity index (χ2n) is 3.58. The molecule has 1 radical (unpaired) electrons. The van der Waals surface area contributed by atoms with E-state index in [0.29, 0.717) is 0 Å². The third-order valence-electron chi connectivity index (χ3n) is 2.08. The van der Waals surface area contributed by atoms with Crippen molar-refractivity contribution in [2.45, 2.75) is 9.79 Å². The van der Waals surface area contributed by atoms with Gasteiger partial charge in [-0.05, 0) is 24.3 Å². The van der Waals surface area contributed by atoms with Gasteiger partial charge in [0.2, 0.25) is 0 Å². The second kappa shape index (κ2) is 8.64. The van der Waals surface area contributed by atoms with Gasteiger partial charge in [0.05, 0.1) is 9.79 Å². The quantitative estimate of drug-likeness (QED) is 0.634. The fraction of sp³-hybridized carbons (Fsp3) is 0. The van der Waals surface area contributed by atoms with E-state index < -0.39 is 20.2 Å².